The molecule has 0 spiro atoms. The van der Waals surface area contributed by atoms with Crippen LogP contribution < -0.4 is 10.6 Å². The van der Waals surface area contributed by atoms with E-state index in [-0.39, 0.29) is 12.6 Å². The van der Waals surface area contributed by atoms with Gasteiger partial charge in [-0.1, -0.05) is 15.9 Å². The van der Waals surface area contributed by atoms with Gasteiger partial charge in [-0.2, -0.15) is 4.98 Å². The molecule has 0 amide bonds. The number of aliphatic hydroxyl groups is 1. The lowest BCUT2D eigenvalue weighted by molar-refractivity contribution is 0.281. The van der Waals surface area contributed by atoms with Gasteiger partial charge in [0.05, 0.1) is 12.3 Å². The zero-order chi connectivity index (χ0) is 18.5. The van der Waals surface area contributed by atoms with E-state index in [4.69, 9.17) is 0 Å². The predicted molar refractivity (Wildman–Crippen MR) is 108 cm³/mol. The molecule has 3 N–H and O–H groups in total. The van der Waals surface area contributed by atoms with Crippen molar-refractivity contribution in [1.82, 2.24) is 15.0 Å². The molecule has 0 radical (unpaired) electrons. The van der Waals surface area contributed by atoms with Crippen LogP contribution in [0, 0.1) is 6.92 Å². The van der Waals surface area contributed by atoms with Gasteiger partial charge in [0.15, 0.2) is 0 Å². The van der Waals surface area contributed by atoms with Crippen molar-refractivity contribution in [3.8, 4) is 11.3 Å². The summed E-state index contributed by atoms with van der Waals surface area (Å²) in [5, 5.41) is 15.8. The standard InChI is InChI=1S/C19H20BrN5O/c1-12-8-15(20)5-6-16(12)23-18-9-17(14-4-3-7-21-10-14)24-19(25-18)22-13(2)11-26/h3-10,13,26H,11H2,1-2H3,(H2,22,23,24,25)/t13-/m0/s1. The second-order valence-corrected chi connectivity index (χ2v) is 6.93. The number of hydrogen-bond acceptors (Lipinski definition) is 6. The van der Waals surface area contributed by atoms with Crippen molar-refractivity contribution in [2.75, 3.05) is 17.2 Å². The smallest absolute Gasteiger partial charge is 0.225 e. The van der Waals surface area contributed by atoms with E-state index in [0.717, 1.165) is 27.0 Å². The minimum atomic E-state index is -0.151. The molecule has 2 heterocycles. The molecule has 1 atom stereocenters. The van der Waals surface area contributed by atoms with Crippen molar-refractivity contribution in [2.45, 2.75) is 19.9 Å². The highest BCUT2D eigenvalue weighted by Gasteiger charge is 2.10. The van der Waals surface area contributed by atoms with Gasteiger partial charge in [0, 0.05) is 40.2 Å². The summed E-state index contributed by atoms with van der Waals surface area (Å²) in [6.07, 6.45) is 3.48. The normalized spacial score (nSPS) is 11.8. The van der Waals surface area contributed by atoms with Crippen LogP contribution in [0.5, 0.6) is 0 Å². The first-order chi connectivity index (χ1) is 12.5. The molecule has 0 fully saturated rings. The lowest BCUT2D eigenvalue weighted by Crippen LogP contribution is -2.21. The maximum absolute atomic E-state index is 9.30. The summed E-state index contributed by atoms with van der Waals surface area (Å²) >= 11 is 3.48. The van der Waals surface area contributed by atoms with E-state index >= 15 is 0 Å². The Hall–Kier alpha value is -2.51. The Morgan fingerprint density at radius 3 is 2.73 bits per heavy atom. The second-order valence-electron chi connectivity index (χ2n) is 6.02. The molecule has 3 aromatic rings. The van der Waals surface area contributed by atoms with Crippen LogP contribution >= 0.6 is 15.9 Å². The zero-order valence-corrected chi connectivity index (χ0v) is 16.2. The van der Waals surface area contributed by atoms with E-state index in [1.807, 2.05) is 50.2 Å². The van der Waals surface area contributed by atoms with Crippen LogP contribution in [0.2, 0.25) is 0 Å². The Morgan fingerprint density at radius 2 is 2.04 bits per heavy atom. The van der Waals surface area contributed by atoms with Gasteiger partial charge < -0.3 is 15.7 Å². The van der Waals surface area contributed by atoms with E-state index in [1.54, 1.807) is 12.4 Å². The first-order valence-corrected chi connectivity index (χ1v) is 9.04. The maximum atomic E-state index is 9.30. The SMILES string of the molecule is Cc1cc(Br)ccc1Nc1cc(-c2cccnc2)nc(N[C@@H](C)CO)n1. The lowest BCUT2D eigenvalue weighted by atomic mass is 10.2. The fourth-order valence-electron chi connectivity index (χ4n) is 2.41. The third-order valence-electron chi connectivity index (χ3n) is 3.78. The number of anilines is 3. The average Bonchev–Trinajstić information content (AvgIpc) is 2.64. The molecule has 134 valence electrons. The van der Waals surface area contributed by atoms with Gasteiger partial charge in [-0.05, 0) is 49.7 Å². The van der Waals surface area contributed by atoms with Gasteiger partial charge in [-0.3, -0.25) is 4.98 Å². The van der Waals surface area contributed by atoms with Crippen molar-refractivity contribution < 1.29 is 5.11 Å². The summed E-state index contributed by atoms with van der Waals surface area (Å²) in [6, 6.07) is 11.6. The van der Waals surface area contributed by atoms with Crippen LogP contribution in [-0.4, -0.2) is 32.7 Å². The quantitative estimate of drug-likeness (QED) is 0.562. The number of benzene rings is 1. The summed E-state index contributed by atoms with van der Waals surface area (Å²) in [5.41, 5.74) is 3.70. The highest BCUT2D eigenvalue weighted by atomic mass is 79.9. The van der Waals surface area contributed by atoms with Crippen molar-refractivity contribution in [3.05, 3.63) is 58.8 Å². The molecule has 0 bridgehead atoms. The number of aryl methyl sites for hydroxylation is 1. The lowest BCUT2D eigenvalue weighted by Gasteiger charge is -2.15. The molecule has 26 heavy (non-hydrogen) atoms. The van der Waals surface area contributed by atoms with Gasteiger partial charge in [-0.25, -0.2) is 4.98 Å². The van der Waals surface area contributed by atoms with Crippen LogP contribution in [0.1, 0.15) is 12.5 Å². The molecule has 0 aliphatic rings. The summed E-state index contributed by atoms with van der Waals surface area (Å²) < 4.78 is 1.03. The molecule has 2 aromatic heterocycles. The van der Waals surface area contributed by atoms with Crippen LogP contribution in [-0.2, 0) is 0 Å². The molecule has 0 saturated carbocycles. The minimum absolute atomic E-state index is 0.00490. The Labute approximate surface area is 160 Å². The van der Waals surface area contributed by atoms with Crippen molar-refractivity contribution in [2.24, 2.45) is 0 Å². The summed E-state index contributed by atoms with van der Waals surface area (Å²) in [4.78, 5) is 13.2. The molecule has 0 saturated heterocycles. The van der Waals surface area contributed by atoms with Crippen molar-refractivity contribution in [1.29, 1.82) is 0 Å². The number of pyridine rings is 1. The topological polar surface area (TPSA) is 83.0 Å². The zero-order valence-electron chi connectivity index (χ0n) is 14.6. The van der Waals surface area contributed by atoms with E-state index in [1.165, 1.54) is 0 Å². The molecule has 7 heteroatoms. The fraction of sp³-hybridized carbons (Fsp3) is 0.211. The van der Waals surface area contributed by atoms with Gasteiger partial charge in [0.1, 0.15) is 5.82 Å². The van der Waals surface area contributed by atoms with Crippen LogP contribution in [0.4, 0.5) is 17.5 Å². The van der Waals surface area contributed by atoms with Gasteiger partial charge >= 0.3 is 0 Å². The molecule has 6 nitrogen and oxygen atoms in total. The van der Waals surface area contributed by atoms with E-state index in [0.29, 0.717) is 11.8 Å². The van der Waals surface area contributed by atoms with Crippen molar-refractivity contribution in [3.63, 3.8) is 0 Å². The van der Waals surface area contributed by atoms with E-state index in [2.05, 4.69) is 41.5 Å². The number of nitrogens with zero attached hydrogens (tertiary/aromatic N) is 3. The first-order valence-electron chi connectivity index (χ1n) is 8.25. The molecule has 0 aliphatic heterocycles. The van der Waals surface area contributed by atoms with E-state index in [9.17, 15) is 5.11 Å². The monoisotopic (exact) mass is 413 g/mol. The molecule has 3 rings (SSSR count). The number of rotatable bonds is 6. The molecule has 0 aliphatic carbocycles. The van der Waals surface area contributed by atoms with Gasteiger partial charge in [0.2, 0.25) is 5.95 Å². The summed E-state index contributed by atoms with van der Waals surface area (Å²) in [6.45, 7) is 3.89. The van der Waals surface area contributed by atoms with E-state index < -0.39 is 0 Å². The van der Waals surface area contributed by atoms with Crippen LogP contribution in [0.3, 0.4) is 0 Å². The number of nitrogens with one attached hydrogen (secondary N) is 2. The van der Waals surface area contributed by atoms with Crippen LogP contribution in [0.25, 0.3) is 11.3 Å². The first kappa shape index (κ1) is 18.3. The summed E-state index contributed by atoms with van der Waals surface area (Å²) in [5.74, 6) is 1.11. The maximum Gasteiger partial charge on any atom is 0.225 e. The Balaban J connectivity index is 1.98. The predicted octanol–water partition coefficient (Wildman–Crippen LogP) is 4.15. The Bertz CT molecular complexity index is 888. The fourth-order valence-corrected chi connectivity index (χ4v) is 2.88. The Morgan fingerprint density at radius 1 is 1.19 bits per heavy atom. The number of hydrogen-bond donors (Lipinski definition) is 3. The van der Waals surface area contributed by atoms with Crippen LogP contribution in [0.15, 0.2) is 53.3 Å². The van der Waals surface area contributed by atoms with Gasteiger partial charge in [0.25, 0.3) is 0 Å². The minimum Gasteiger partial charge on any atom is -0.394 e. The largest absolute Gasteiger partial charge is 0.394 e. The third kappa shape index (κ3) is 4.56. The second kappa shape index (κ2) is 8.25. The average molecular weight is 414 g/mol. The molecular weight excluding hydrogens is 394 g/mol. The van der Waals surface area contributed by atoms with Crippen molar-refractivity contribution >= 4 is 33.4 Å². The number of aromatic nitrogens is 3. The number of halogens is 1. The summed E-state index contributed by atoms with van der Waals surface area (Å²) in [7, 11) is 0. The molecular formula is C19H20BrN5O. The number of aliphatic hydroxyl groups excluding tert-OH is 1. The molecule has 1 aromatic carbocycles. The third-order valence-corrected chi connectivity index (χ3v) is 4.28. The Kier molecular flexibility index (Phi) is 5.80. The highest BCUT2D eigenvalue weighted by Crippen LogP contribution is 2.26. The highest BCUT2D eigenvalue weighted by molar-refractivity contribution is 9.10. The van der Waals surface area contributed by atoms with Gasteiger partial charge in [-0.15, -0.1) is 0 Å². The molecule has 0 unspecified atom stereocenters.